The number of halogens is 2. The second-order valence-electron chi connectivity index (χ2n) is 4.25. The Bertz CT molecular complexity index is 704. The third kappa shape index (κ3) is 3.00. The van der Waals surface area contributed by atoms with Gasteiger partial charge in [-0.1, -0.05) is 0 Å². The Hall–Kier alpha value is -2.08. The van der Waals surface area contributed by atoms with Gasteiger partial charge in [-0.25, -0.2) is 4.39 Å². The molecule has 2 aromatic rings. The van der Waals surface area contributed by atoms with Crippen molar-refractivity contribution in [2.75, 3.05) is 20.0 Å². The Morgan fingerprint density at radius 3 is 2.38 bits per heavy atom. The third-order valence-corrected chi connectivity index (χ3v) is 3.60. The molecule has 0 atom stereocenters. The quantitative estimate of drug-likeness (QED) is 0.675. The number of ether oxygens (including phenoxy) is 2. The standard InChI is InChI=1S/C15H13BrFNO3/c1-20-13-7-10(16)14(21-2)6-9(13)15(19)8-3-4-12(18)11(17)5-8/h3-7H,18H2,1-2H3. The van der Waals surface area contributed by atoms with E-state index < -0.39 is 5.82 Å². The van der Waals surface area contributed by atoms with Gasteiger partial charge in [-0.3, -0.25) is 4.79 Å². The average molecular weight is 354 g/mol. The summed E-state index contributed by atoms with van der Waals surface area (Å²) in [6.45, 7) is 0. The molecule has 2 aromatic carbocycles. The fourth-order valence-corrected chi connectivity index (χ4v) is 2.35. The van der Waals surface area contributed by atoms with Gasteiger partial charge in [-0.2, -0.15) is 0 Å². The van der Waals surface area contributed by atoms with Crippen molar-refractivity contribution in [3.8, 4) is 11.5 Å². The van der Waals surface area contributed by atoms with Gasteiger partial charge in [0.2, 0.25) is 0 Å². The summed E-state index contributed by atoms with van der Waals surface area (Å²) >= 11 is 3.32. The van der Waals surface area contributed by atoms with E-state index >= 15 is 0 Å². The molecule has 0 aliphatic rings. The molecule has 0 aromatic heterocycles. The highest BCUT2D eigenvalue weighted by molar-refractivity contribution is 9.10. The maximum atomic E-state index is 13.5. The summed E-state index contributed by atoms with van der Waals surface area (Å²) in [5, 5.41) is 0. The molecule has 6 heteroatoms. The number of nitrogen functional groups attached to an aromatic ring is 1. The van der Waals surface area contributed by atoms with Gasteiger partial charge in [-0.05, 0) is 46.3 Å². The molecule has 0 unspecified atom stereocenters. The number of carbonyl (C=O) groups excluding carboxylic acids is 1. The van der Waals surface area contributed by atoms with E-state index in [2.05, 4.69) is 15.9 Å². The van der Waals surface area contributed by atoms with Gasteiger partial charge < -0.3 is 15.2 Å². The van der Waals surface area contributed by atoms with Gasteiger partial charge in [0.25, 0.3) is 0 Å². The van der Waals surface area contributed by atoms with Gasteiger partial charge in [0.05, 0.1) is 29.9 Å². The van der Waals surface area contributed by atoms with E-state index in [1.165, 1.54) is 26.4 Å². The molecule has 0 spiro atoms. The molecule has 0 saturated heterocycles. The predicted octanol–water partition coefficient (Wildman–Crippen LogP) is 3.42. The molecule has 0 heterocycles. The van der Waals surface area contributed by atoms with Gasteiger partial charge in [-0.15, -0.1) is 0 Å². The van der Waals surface area contributed by atoms with Crippen LogP contribution in [0.15, 0.2) is 34.8 Å². The van der Waals surface area contributed by atoms with Crippen molar-refractivity contribution in [2.45, 2.75) is 0 Å². The Kier molecular flexibility index (Phi) is 4.47. The van der Waals surface area contributed by atoms with Crippen LogP contribution in [0.5, 0.6) is 11.5 Å². The number of methoxy groups -OCH3 is 2. The Balaban J connectivity index is 2.53. The molecule has 0 fully saturated rings. The number of hydrogen-bond acceptors (Lipinski definition) is 4. The van der Waals surface area contributed by atoms with Crippen LogP contribution in [0.1, 0.15) is 15.9 Å². The molecule has 21 heavy (non-hydrogen) atoms. The van der Waals surface area contributed by atoms with Crippen LogP contribution in [-0.4, -0.2) is 20.0 Å². The van der Waals surface area contributed by atoms with Crippen molar-refractivity contribution in [1.29, 1.82) is 0 Å². The van der Waals surface area contributed by atoms with Crippen molar-refractivity contribution in [1.82, 2.24) is 0 Å². The van der Waals surface area contributed by atoms with E-state index in [4.69, 9.17) is 15.2 Å². The zero-order valence-electron chi connectivity index (χ0n) is 11.4. The maximum absolute atomic E-state index is 13.5. The highest BCUT2D eigenvalue weighted by atomic mass is 79.9. The minimum Gasteiger partial charge on any atom is -0.496 e. The molecule has 0 amide bonds. The first-order chi connectivity index (χ1) is 9.97. The highest BCUT2D eigenvalue weighted by Crippen LogP contribution is 2.34. The normalized spacial score (nSPS) is 10.3. The Morgan fingerprint density at radius 1 is 1.14 bits per heavy atom. The van der Waals surface area contributed by atoms with E-state index in [0.29, 0.717) is 16.0 Å². The van der Waals surface area contributed by atoms with Gasteiger partial charge in [0.15, 0.2) is 5.78 Å². The molecule has 2 rings (SSSR count). The topological polar surface area (TPSA) is 61.5 Å². The summed E-state index contributed by atoms with van der Waals surface area (Å²) in [5.74, 6) is -0.166. The second-order valence-corrected chi connectivity index (χ2v) is 5.11. The number of carbonyl (C=O) groups is 1. The zero-order chi connectivity index (χ0) is 15.6. The molecular weight excluding hydrogens is 341 g/mol. The summed E-state index contributed by atoms with van der Waals surface area (Å²) in [7, 11) is 2.94. The number of benzene rings is 2. The fraction of sp³-hybridized carbons (Fsp3) is 0.133. The minimum absolute atomic E-state index is 0.00750. The van der Waals surface area contributed by atoms with Crippen molar-refractivity contribution in [3.05, 3.63) is 51.7 Å². The fourth-order valence-electron chi connectivity index (χ4n) is 1.86. The lowest BCUT2D eigenvalue weighted by atomic mass is 10.0. The number of anilines is 1. The first-order valence-corrected chi connectivity index (χ1v) is 6.78. The van der Waals surface area contributed by atoms with Gasteiger partial charge in [0.1, 0.15) is 17.3 Å². The third-order valence-electron chi connectivity index (χ3n) is 2.98. The summed E-state index contributed by atoms with van der Waals surface area (Å²) in [5.41, 5.74) is 5.87. The van der Waals surface area contributed by atoms with Crippen LogP contribution in [-0.2, 0) is 0 Å². The van der Waals surface area contributed by atoms with Gasteiger partial charge in [0, 0.05) is 5.56 Å². The van der Waals surface area contributed by atoms with Crippen molar-refractivity contribution in [2.24, 2.45) is 0 Å². The largest absolute Gasteiger partial charge is 0.496 e. The van der Waals surface area contributed by atoms with Crippen LogP contribution in [0.2, 0.25) is 0 Å². The maximum Gasteiger partial charge on any atom is 0.196 e. The first kappa shape index (κ1) is 15.3. The lowest BCUT2D eigenvalue weighted by molar-refractivity contribution is 0.103. The van der Waals surface area contributed by atoms with Crippen LogP contribution in [0.25, 0.3) is 0 Å². The molecule has 0 saturated carbocycles. The van der Waals surface area contributed by atoms with Gasteiger partial charge >= 0.3 is 0 Å². The molecule has 0 bridgehead atoms. The Morgan fingerprint density at radius 2 is 1.81 bits per heavy atom. The molecule has 0 aliphatic heterocycles. The monoisotopic (exact) mass is 353 g/mol. The summed E-state index contributed by atoms with van der Waals surface area (Å²) in [6.07, 6.45) is 0. The molecular formula is C15H13BrFNO3. The Labute approximate surface area is 129 Å². The SMILES string of the molecule is COc1cc(C(=O)c2ccc(N)c(F)c2)c(OC)cc1Br. The van der Waals surface area contributed by atoms with E-state index in [1.807, 2.05) is 0 Å². The average Bonchev–Trinajstić information content (AvgIpc) is 2.49. The smallest absolute Gasteiger partial charge is 0.196 e. The minimum atomic E-state index is -0.635. The number of hydrogen-bond donors (Lipinski definition) is 1. The highest BCUT2D eigenvalue weighted by Gasteiger charge is 2.18. The first-order valence-electron chi connectivity index (χ1n) is 5.99. The molecule has 2 N–H and O–H groups in total. The van der Waals surface area contributed by atoms with Crippen LogP contribution in [0, 0.1) is 5.82 Å². The summed E-state index contributed by atoms with van der Waals surface area (Å²) in [4.78, 5) is 12.5. The number of ketones is 1. The van der Waals surface area contributed by atoms with Crippen LogP contribution >= 0.6 is 15.9 Å². The molecule has 0 radical (unpaired) electrons. The van der Waals surface area contributed by atoms with Crippen LogP contribution in [0.4, 0.5) is 10.1 Å². The van der Waals surface area contributed by atoms with Crippen LogP contribution < -0.4 is 15.2 Å². The lowest BCUT2D eigenvalue weighted by Crippen LogP contribution is -2.06. The predicted molar refractivity (Wildman–Crippen MR) is 81.5 cm³/mol. The molecule has 110 valence electrons. The van der Waals surface area contributed by atoms with E-state index in [0.717, 1.165) is 6.07 Å². The van der Waals surface area contributed by atoms with Crippen LogP contribution in [0.3, 0.4) is 0 Å². The summed E-state index contributed by atoms with van der Waals surface area (Å²) in [6, 6.07) is 7.09. The lowest BCUT2D eigenvalue weighted by Gasteiger charge is -2.12. The van der Waals surface area contributed by atoms with Crippen molar-refractivity contribution >= 4 is 27.4 Å². The number of rotatable bonds is 4. The zero-order valence-corrected chi connectivity index (χ0v) is 13.0. The van der Waals surface area contributed by atoms with Crippen molar-refractivity contribution in [3.63, 3.8) is 0 Å². The summed E-state index contributed by atoms with van der Waals surface area (Å²) < 4.78 is 24.5. The second kappa shape index (κ2) is 6.13. The van der Waals surface area contributed by atoms with Crippen molar-refractivity contribution < 1.29 is 18.7 Å². The van der Waals surface area contributed by atoms with E-state index in [-0.39, 0.29) is 22.6 Å². The molecule has 4 nitrogen and oxygen atoms in total. The van der Waals surface area contributed by atoms with E-state index in [1.54, 1.807) is 12.1 Å². The number of nitrogens with two attached hydrogens (primary N) is 1. The van der Waals surface area contributed by atoms with E-state index in [9.17, 15) is 9.18 Å². The molecule has 0 aliphatic carbocycles.